The van der Waals surface area contributed by atoms with Gasteiger partial charge in [0.2, 0.25) is 0 Å². The van der Waals surface area contributed by atoms with E-state index in [1.807, 2.05) is 11.8 Å². The minimum atomic E-state index is 0.551. The van der Waals surface area contributed by atoms with Crippen molar-refractivity contribution in [3.63, 3.8) is 0 Å². The molecule has 0 radical (unpaired) electrons. The fourth-order valence-electron chi connectivity index (χ4n) is 3.55. The lowest BCUT2D eigenvalue weighted by atomic mass is 9.88. The first-order valence-electron chi connectivity index (χ1n) is 7.83. The second-order valence-corrected chi connectivity index (χ2v) is 7.64. The van der Waals surface area contributed by atoms with Crippen LogP contribution in [-0.2, 0) is 0 Å². The normalized spacial score (nSPS) is 34.8. The molecule has 0 amide bonds. The van der Waals surface area contributed by atoms with Gasteiger partial charge in [0.05, 0.1) is 0 Å². The number of nitrogens with zero attached hydrogens (tertiary/aromatic N) is 1. The van der Waals surface area contributed by atoms with Crippen LogP contribution in [0.4, 0.5) is 0 Å². The van der Waals surface area contributed by atoms with E-state index in [1.54, 1.807) is 0 Å². The van der Waals surface area contributed by atoms with Crippen molar-refractivity contribution in [2.45, 2.75) is 49.7 Å². The van der Waals surface area contributed by atoms with E-state index < -0.39 is 0 Å². The van der Waals surface area contributed by atoms with Crippen molar-refractivity contribution in [3.05, 3.63) is 29.8 Å². The molecule has 0 aromatic heterocycles. The molecule has 1 N–H and O–H groups in total. The lowest BCUT2D eigenvalue weighted by Crippen LogP contribution is -2.51. The van der Waals surface area contributed by atoms with Crippen LogP contribution >= 0.6 is 11.8 Å². The SMILES string of the molecule is CC1CN(C)C(C)CC1NC1CCSc2ccccc21. The molecule has 0 saturated carbocycles. The average molecular weight is 290 g/mol. The van der Waals surface area contributed by atoms with E-state index in [0.717, 1.165) is 5.92 Å². The van der Waals surface area contributed by atoms with Gasteiger partial charge in [-0.15, -0.1) is 11.8 Å². The van der Waals surface area contributed by atoms with Crippen LogP contribution in [0.15, 0.2) is 29.2 Å². The molecule has 3 heteroatoms. The zero-order valence-corrected chi connectivity index (χ0v) is 13.6. The van der Waals surface area contributed by atoms with Crippen molar-refractivity contribution in [2.24, 2.45) is 5.92 Å². The van der Waals surface area contributed by atoms with Crippen LogP contribution in [0.5, 0.6) is 0 Å². The van der Waals surface area contributed by atoms with E-state index in [0.29, 0.717) is 18.1 Å². The number of nitrogens with one attached hydrogen (secondary N) is 1. The van der Waals surface area contributed by atoms with Crippen LogP contribution in [0.2, 0.25) is 0 Å². The second-order valence-electron chi connectivity index (χ2n) is 6.50. The second kappa shape index (κ2) is 6.08. The number of likely N-dealkylation sites (tertiary alicyclic amines) is 1. The molecule has 2 nitrogen and oxygen atoms in total. The number of rotatable bonds is 2. The van der Waals surface area contributed by atoms with E-state index in [1.165, 1.54) is 35.6 Å². The summed E-state index contributed by atoms with van der Waals surface area (Å²) in [4.78, 5) is 3.97. The summed E-state index contributed by atoms with van der Waals surface area (Å²) in [5.41, 5.74) is 1.52. The Kier molecular flexibility index (Phi) is 4.39. The maximum atomic E-state index is 3.97. The third-order valence-electron chi connectivity index (χ3n) is 4.98. The smallest absolute Gasteiger partial charge is 0.0341 e. The van der Waals surface area contributed by atoms with Crippen molar-refractivity contribution >= 4 is 11.8 Å². The first-order valence-corrected chi connectivity index (χ1v) is 8.81. The van der Waals surface area contributed by atoms with Crippen molar-refractivity contribution in [2.75, 3.05) is 19.3 Å². The van der Waals surface area contributed by atoms with Crippen LogP contribution in [-0.4, -0.2) is 36.3 Å². The minimum absolute atomic E-state index is 0.551. The first-order chi connectivity index (χ1) is 9.65. The molecule has 4 unspecified atom stereocenters. The monoisotopic (exact) mass is 290 g/mol. The third-order valence-corrected chi connectivity index (χ3v) is 6.11. The summed E-state index contributed by atoms with van der Waals surface area (Å²) in [6.07, 6.45) is 2.53. The number of hydrogen-bond acceptors (Lipinski definition) is 3. The van der Waals surface area contributed by atoms with E-state index in [-0.39, 0.29) is 0 Å². The molecule has 4 atom stereocenters. The Bertz CT molecular complexity index is 462. The van der Waals surface area contributed by atoms with Gasteiger partial charge in [0.1, 0.15) is 0 Å². The Morgan fingerprint density at radius 2 is 2.05 bits per heavy atom. The highest BCUT2D eigenvalue weighted by Gasteiger charge is 2.31. The fraction of sp³-hybridized carbons (Fsp3) is 0.647. The molecule has 0 bridgehead atoms. The van der Waals surface area contributed by atoms with Gasteiger partial charge in [-0.05, 0) is 50.1 Å². The van der Waals surface area contributed by atoms with Crippen LogP contribution < -0.4 is 5.32 Å². The maximum Gasteiger partial charge on any atom is 0.0341 e. The van der Waals surface area contributed by atoms with Gasteiger partial charge in [-0.3, -0.25) is 0 Å². The number of fused-ring (bicyclic) bond motifs is 1. The quantitative estimate of drug-likeness (QED) is 0.897. The molecular weight excluding hydrogens is 264 g/mol. The Hall–Kier alpha value is -0.510. The zero-order valence-electron chi connectivity index (χ0n) is 12.8. The van der Waals surface area contributed by atoms with E-state index in [9.17, 15) is 0 Å². The Morgan fingerprint density at radius 1 is 1.25 bits per heavy atom. The highest BCUT2D eigenvalue weighted by atomic mass is 32.2. The van der Waals surface area contributed by atoms with E-state index in [4.69, 9.17) is 0 Å². The topological polar surface area (TPSA) is 15.3 Å². The van der Waals surface area contributed by atoms with Gasteiger partial charge < -0.3 is 10.2 Å². The highest BCUT2D eigenvalue weighted by Crippen LogP contribution is 2.37. The molecule has 1 saturated heterocycles. The Balaban J connectivity index is 1.72. The summed E-state index contributed by atoms with van der Waals surface area (Å²) in [7, 11) is 2.25. The predicted octanol–water partition coefficient (Wildman–Crippen LogP) is 3.54. The molecule has 3 rings (SSSR count). The molecule has 2 aliphatic heterocycles. The molecular formula is C17H26N2S. The molecule has 1 aromatic rings. The molecule has 1 aromatic carbocycles. The molecule has 1 fully saturated rings. The third kappa shape index (κ3) is 2.90. The molecule has 0 spiro atoms. The summed E-state index contributed by atoms with van der Waals surface area (Å²) in [5, 5.41) is 3.97. The lowest BCUT2D eigenvalue weighted by molar-refractivity contribution is 0.115. The Labute approximate surface area is 127 Å². The number of hydrogen-bond donors (Lipinski definition) is 1. The summed E-state index contributed by atoms with van der Waals surface area (Å²) in [6.45, 7) is 5.96. The summed E-state index contributed by atoms with van der Waals surface area (Å²) < 4.78 is 0. The molecule has 110 valence electrons. The fourth-order valence-corrected chi connectivity index (χ4v) is 4.67. The summed E-state index contributed by atoms with van der Waals surface area (Å²) in [6, 6.07) is 10.8. The van der Waals surface area contributed by atoms with Gasteiger partial charge in [-0.25, -0.2) is 0 Å². The molecule has 20 heavy (non-hydrogen) atoms. The summed E-state index contributed by atoms with van der Waals surface area (Å²) >= 11 is 2.01. The van der Waals surface area contributed by atoms with Crippen LogP contribution in [0, 0.1) is 5.92 Å². The van der Waals surface area contributed by atoms with Crippen LogP contribution in [0.3, 0.4) is 0 Å². The lowest BCUT2D eigenvalue weighted by Gasteiger charge is -2.42. The van der Waals surface area contributed by atoms with Gasteiger partial charge in [0.15, 0.2) is 0 Å². The van der Waals surface area contributed by atoms with Crippen molar-refractivity contribution < 1.29 is 0 Å². The van der Waals surface area contributed by atoms with Crippen molar-refractivity contribution in [3.8, 4) is 0 Å². The summed E-state index contributed by atoms with van der Waals surface area (Å²) in [5.74, 6) is 1.98. The molecule has 0 aliphatic carbocycles. The standard InChI is InChI=1S/C17H26N2S/c1-12-11-19(3)13(2)10-16(12)18-15-8-9-20-17-7-5-4-6-14(15)17/h4-7,12-13,15-16,18H,8-11H2,1-3H3. The van der Waals surface area contributed by atoms with Gasteiger partial charge in [-0.1, -0.05) is 25.1 Å². The van der Waals surface area contributed by atoms with E-state index in [2.05, 4.69) is 55.4 Å². The highest BCUT2D eigenvalue weighted by molar-refractivity contribution is 7.99. The van der Waals surface area contributed by atoms with Gasteiger partial charge in [-0.2, -0.15) is 0 Å². The first kappa shape index (κ1) is 14.4. The minimum Gasteiger partial charge on any atom is -0.307 e. The van der Waals surface area contributed by atoms with Gasteiger partial charge >= 0.3 is 0 Å². The zero-order chi connectivity index (χ0) is 14.1. The van der Waals surface area contributed by atoms with Crippen molar-refractivity contribution in [1.29, 1.82) is 0 Å². The number of piperidine rings is 1. The molecule has 2 heterocycles. The Morgan fingerprint density at radius 3 is 2.90 bits per heavy atom. The largest absolute Gasteiger partial charge is 0.307 e. The van der Waals surface area contributed by atoms with Crippen LogP contribution in [0.25, 0.3) is 0 Å². The average Bonchev–Trinajstić information content (AvgIpc) is 2.45. The number of thioether (sulfide) groups is 1. The number of benzene rings is 1. The maximum absolute atomic E-state index is 3.97. The van der Waals surface area contributed by atoms with Crippen LogP contribution in [0.1, 0.15) is 38.3 Å². The van der Waals surface area contributed by atoms with Gasteiger partial charge in [0.25, 0.3) is 0 Å². The predicted molar refractivity (Wildman–Crippen MR) is 87.3 cm³/mol. The van der Waals surface area contributed by atoms with E-state index >= 15 is 0 Å². The van der Waals surface area contributed by atoms with Gasteiger partial charge in [0, 0.05) is 29.6 Å². The molecule has 2 aliphatic rings. The van der Waals surface area contributed by atoms with Crippen molar-refractivity contribution in [1.82, 2.24) is 10.2 Å².